The van der Waals surface area contributed by atoms with Crippen LogP contribution in [0.25, 0.3) is 0 Å². The van der Waals surface area contributed by atoms with Gasteiger partial charge in [0.15, 0.2) is 5.96 Å². The SMILES string of the molecule is CC(O)C(NC(=O)C(CS)NC(=O)C(N)CO)C(=O)NC(CCCN=C(N)N)C(=O)O. The van der Waals surface area contributed by atoms with Crippen LogP contribution in [0.3, 0.4) is 0 Å². The molecule has 0 spiro atoms. The van der Waals surface area contributed by atoms with Crippen LogP contribution in [0.2, 0.25) is 0 Å². The third-order valence-corrected chi connectivity index (χ3v) is 4.34. The van der Waals surface area contributed by atoms with E-state index in [0.29, 0.717) is 0 Å². The van der Waals surface area contributed by atoms with Gasteiger partial charge < -0.3 is 48.5 Å². The van der Waals surface area contributed by atoms with Crippen molar-refractivity contribution in [1.29, 1.82) is 0 Å². The third-order valence-electron chi connectivity index (χ3n) is 3.97. The highest BCUT2D eigenvalue weighted by molar-refractivity contribution is 7.80. The number of guanidine groups is 1. The predicted octanol–water partition coefficient (Wildman–Crippen LogP) is -4.79. The fourth-order valence-electron chi connectivity index (χ4n) is 2.24. The molecule has 12 N–H and O–H groups in total. The number of carboxylic acid groups (broad SMARTS) is 1. The van der Waals surface area contributed by atoms with Crippen LogP contribution in [0.5, 0.6) is 0 Å². The van der Waals surface area contributed by atoms with Crippen LogP contribution in [0.15, 0.2) is 4.99 Å². The Bertz CT molecular complexity index is 658. The van der Waals surface area contributed by atoms with Crippen molar-refractivity contribution in [3.8, 4) is 0 Å². The maximum absolute atomic E-state index is 12.5. The maximum Gasteiger partial charge on any atom is 0.326 e. The van der Waals surface area contributed by atoms with Crippen molar-refractivity contribution in [2.45, 2.75) is 50.0 Å². The minimum atomic E-state index is -1.52. The molecule has 0 rings (SSSR count). The van der Waals surface area contributed by atoms with Gasteiger partial charge in [-0.2, -0.15) is 12.6 Å². The van der Waals surface area contributed by atoms with Gasteiger partial charge in [0, 0.05) is 12.3 Å². The number of aliphatic imine (C=N–C) groups is 1. The first-order valence-electron chi connectivity index (χ1n) is 9.29. The van der Waals surface area contributed by atoms with Gasteiger partial charge in [-0.15, -0.1) is 0 Å². The summed E-state index contributed by atoms with van der Waals surface area (Å²) in [5, 5.41) is 34.8. The zero-order valence-corrected chi connectivity index (χ0v) is 17.9. The number of amides is 3. The number of hydrogen-bond acceptors (Lipinski definition) is 9. The molecular weight excluding hydrogens is 434 g/mol. The Hall–Kier alpha value is -2.62. The van der Waals surface area contributed by atoms with Crippen molar-refractivity contribution < 1.29 is 34.5 Å². The summed E-state index contributed by atoms with van der Waals surface area (Å²) < 4.78 is 0. The first-order valence-corrected chi connectivity index (χ1v) is 9.92. The van der Waals surface area contributed by atoms with E-state index >= 15 is 0 Å². The summed E-state index contributed by atoms with van der Waals surface area (Å²) in [7, 11) is 0. The zero-order valence-electron chi connectivity index (χ0n) is 17.0. The number of nitrogens with zero attached hydrogens (tertiary/aromatic N) is 1. The molecule has 0 saturated heterocycles. The van der Waals surface area contributed by atoms with Crippen LogP contribution in [-0.2, 0) is 19.2 Å². The van der Waals surface area contributed by atoms with Gasteiger partial charge in [-0.1, -0.05) is 0 Å². The van der Waals surface area contributed by atoms with Gasteiger partial charge in [0.1, 0.15) is 24.2 Å². The van der Waals surface area contributed by atoms with E-state index in [1.54, 1.807) is 0 Å². The van der Waals surface area contributed by atoms with E-state index in [9.17, 15) is 29.4 Å². The van der Waals surface area contributed by atoms with Crippen LogP contribution < -0.4 is 33.2 Å². The normalized spacial score (nSPS) is 15.5. The Morgan fingerprint density at radius 1 is 1.03 bits per heavy atom. The lowest BCUT2D eigenvalue weighted by Crippen LogP contribution is -2.60. The molecule has 178 valence electrons. The topological polar surface area (TPSA) is 255 Å². The molecule has 0 heterocycles. The van der Waals surface area contributed by atoms with Crippen LogP contribution in [-0.4, -0.2) is 94.1 Å². The molecule has 0 aromatic carbocycles. The summed E-state index contributed by atoms with van der Waals surface area (Å²) in [6.45, 7) is 0.720. The first kappa shape index (κ1) is 28.4. The summed E-state index contributed by atoms with van der Waals surface area (Å²) in [6, 6.07) is -5.32. The third kappa shape index (κ3) is 10.8. The van der Waals surface area contributed by atoms with E-state index in [0.717, 1.165) is 0 Å². The predicted molar refractivity (Wildman–Crippen MR) is 114 cm³/mol. The fraction of sp³-hybridized carbons (Fsp3) is 0.688. The second-order valence-corrected chi connectivity index (χ2v) is 6.97. The number of carbonyl (C=O) groups is 4. The van der Waals surface area contributed by atoms with Gasteiger partial charge in [0.25, 0.3) is 0 Å². The minimum Gasteiger partial charge on any atom is -0.480 e. The summed E-state index contributed by atoms with van der Waals surface area (Å²) >= 11 is 3.95. The average molecular weight is 466 g/mol. The van der Waals surface area contributed by atoms with Crippen LogP contribution in [0.1, 0.15) is 19.8 Å². The van der Waals surface area contributed by atoms with Gasteiger partial charge >= 0.3 is 5.97 Å². The number of carbonyl (C=O) groups excluding carboxylic acids is 3. The molecule has 0 aromatic rings. The van der Waals surface area contributed by atoms with E-state index in [1.165, 1.54) is 6.92 Å². The van der Waals surface area contributed by atoms with E-state index < -0.39 is 60.6 Å². The molecule has 0 radical (unpaired) electrons. The van der Waals surface area contributed by atoms with Crippen molar-refractivity contribution >= 4 is 42.3 Å². The molecule has 0 aromatic heterocycles. The molecule has 0 aliphatic rings. The van der Waals surface area contributed by atoms with Crippen LogP contribution in [0.4, 0.5) is 0 Å². The molecular formula is C16H31N7O7S. The Kier molecular flexibility index (Phi) is 13.2. The van der Waals surface area contributed by atoms with Gasteiger partial charge in [0.2, 0.25) is 17.7 Å². The van der Waals surface area contributed by atoms with Gasteiger partial charge in [-0.25, -0.2) is 4.79 Å². The molecule has 0 fully saturated rings. The highest BCUT2D eigenvalue weighted by Crippen LogP contribution is 2.02. The average Bonchev–Trinajstić information content (AvgIpc) is 2.70. The van der Waals surface area contributed by atoms with Gasteiger partial charge in [-0.05, 0) is 19.8 Å². The van der Waals surface area contributed by atoms with Crippen LogP contribution in [0, 0.1) is 0 Å². The van der Waals surface area contributed by atoms with E-state index in [2.05, 4.69) is 33.6 Å². The Labute approximate surface area is 184 Å². The number of aliphatic hydroxyl groups is 2. The highest BCUT2D eigenvalue weighted by atomic mass is 32.1. The van der Waals surface area contributed by atoms with E-state index in [4.69, 9.17) is 22.3 Å². The molecule has 31 heavy (non-hydrogen) atoms. The number of nitrogens with two attached hydrogens (primary N) is 3. The molecule has 0 aliphatic heterocycles. The largest absolute Gasteiger partial charge is 0.480 e. The highest BCUT2D eigenvalue weighted by Gasteiger charge is 2.32. The summed E-state index contributed by atoms with van der Waals surface area (Å²) in [5.74, 6) is -4.29. The van der Waals surface area contributed by atoms with Crippen molar-refractivity contribution in [1.82, 2.24) is 16.0 Å². The van der Waals surface area contributed by atoms with Gasteiger partial charge in [0.05, 0.1) is 12.7 Å². The quantitative estimate of drug-likeness (QED) is 0.0506. The number of hydrogen-bond donors (Lipinski definition) is 10. The molecule has 0 bridgehead atoms. The lowest BCUT2D eigenvalue weighted by molar-refractivity contribution is -0.143. The first-order chi connectivity index (χ1) is 14.4. The van der Waals surface area contributed by atoms with Crippen molar-refractivity contribution in [2.24, 2.45) is 22.2 Å². The fourth-order valence-corrected chi connectivity index (χ4v) is 2.49. The molecule has 0 saturated carbocycles. The van der Waals surface area contributed by atoms with Crippen molar-refractivity contribution in [3.05, 3.63) is 0 Å². The minimum absolute atomic E-state index is 0.00724. The molecule has 15 heteroatoms. The summed E-state index contributed by atoms with van der Waals surface area (Å²) in [6.07, 6.45) is -1.15. The zero-order chi connectivity index (χ0) is 24.1. The standard InChI is InChI=1S/C16H31N7O7S/c1-7(25)11(23-13(27)10(6-31)22-12(26)8(17)5-24)14(28)21-9(15(29)30)3-2-4-20-16(18)19/h7-11,24-25,31H,2-6,17H2,1H3,(H,21,28)(H,22,26)(H,23,27)(H,29,30)(H4,18,19,20). The number of thiol groups is 1. The maximum atomic E-state index is 12.5. The molecule has 3 amide bonds. The lowest BCUT2D eigenvalue weighted by atomic mass is 10.1. The second-order valence-electron chi connectivity index (χ2n) is 6.61. The molecule has 14 nitrogen and oxygen atoms in total. The number of aliphatic carboxylic acids is 1. The summed E-state index contributed by atoms with van der Waals surface area (Å²) in [4.78, 5) is 51.8. The van der Waals surface area contributed by atoms with E-state index in [1.807, 2.05) is 0 Å². The van der Waals surface area contributed by atoms with Gasteiger partial charge in [-0.3, -0.25) is 19.4 Å². The number of rotatable bonds is 14. The number of nitrogens with one attached hydrogen (secondary N) is 3. The molecule has 5 atom stereocenters. The van der Waals surface area contributed by atoms with Crippen LogP contribution >= 0.6 is 12.6 Å². The Morgan fingerprint density at radius 3 is 2.06 bits per heavy atom. The Balaban J connectivity index is 5.11. The van der Waals surface area contributed by atoms with Crippen molar-refractivity contribution in [3.63, 3.8) is 0 Å². The molecule has 5 unspecified atom stereocenters. The number of aliphatic hydroxyl groups excluding tert-OH is 2. The molecule has 0 aliphatic carbocycles. The van der Waals surface area contributed by atoms with E-state index in [-0.39, 0.29) is 31.1 Å². The second kappa shape index (κ2) is 14.4. The lowest BCUT2D eigenvalue weighted by Gasteiger charge is -2.25. The monoisotopic (exact) mass is 465 g/mol. The summed E-state index contributed by atoms with van der Waals surface area (Å²) in [5.41, 5.74) is 15.7. The van der Waals surface area contributed by atoms with Crippen molar-refractivity contribution in [2.75, 3.05) is 18.9 Å². The smallest absolute Gasteiger partial charge is 0.326 e. The number of carboxylic acids is 1. The Morgan fingerprint density at radius 2 is 1.61 bits per heavy atom.